The summed E-state index contributed by atoms with van der Waals surface area (Å²) in [5.41, 5.74) is 2.31. The Morgan fingerprint density at radius 2 is 2.00 bits per heavy atom. The van der Waals surface area contributed by atoms with Crippen LogP contribution in [0.4, 0.5) is 0 Å². The fourth-order valence-corrected chi connectivity index (χ4v) is 3.82. The maximum Gasteiger partial charge on any atom is 0.234 e. The number of nitrogens with one attached hydrogen (secondary N) is 1. The van der Waals surface area contributed by atoms with Crippen molar-refractivity contribution in [3.63, 3.8) is 0 Å². The molecule has 0 bridgehead atoms. The fourth-order valence-electron chi connectivity index (χ4n) is 3.02. The second-order valence-corrected chi connectivity index (χ2v) is 7.41. The normalized spacial score (nSPS) is 17.6. The van der Waals surface area contributed by atoms with E-state index in [-0.39, 0.29) is 18.1 Å². The summed E-state index contributed by atoms with van der Waals surface area (Å²) in [5, 5.41) is 14.8. The van der Waals surface area contributed by atoms with Crippen LogP contribution in [0.5, 0.6) is 0 Å². The molecule has 1 atom stereocenters. The highest BCUT2D eigenvalue weighted by Crippen LogP contribution is 2.26. The molecule has 0 aliphatic carbocycles. The average Bonchev–Trinajstić information content (AvgIpc) is 3.10. The third-order valence-electron chi connectivity index (χ3n) is 4.47. The van der Waals surface area contributed by atoms with E-state index in [0.717, 1.165) is 36.4 Å². The van der Waals surface area contributed by atoms with Crippen LogP contribution in [-0.4, -0.2) is 41.7 Å². The van der Waals surface area contributed by atoms with E-state index in [1.807, 2.05) is 11.4 Å². The molecule has 1 aromatic heterocycles. The van der Waals surface area contributed by atoms with Crippen LogP contribution in [-0.2, 0) is 4.79 Å². The maximum atomic E-state index is 12.5. The van der Waals surface area contributed by atoms with Gasteiger partial charge in [-0.2, -0.15) is 0 Å². The van der Waals surface area contributed by atoms with Crippen molar-refractivity contribution in [2.45, 2.75) is 31.9 Å². The molecule has 5 heteroatoms. The topological polar surface area (TPSA) is 52.6 Å². The minimum Gasteiger partial charge on any atom is -0.393 e. The number of thiophene rings is 1. The minimum atomic E-state index is -0.212. The molecule has 2 heterocycles. The van der Waals surface area contributed by atoms with E-state index in [2.05, 4.69) is 47.5 Å². The summed E-state index contributed by atoms with van der Waals surface area (Å²) in [7, 11) is 0. The van der Waals surface area contributed by atoms with Crippen molar-refractivity contribution in [2.24, 2.45) is 0 Å². The second kappa shape index (κ2) is 7.92. The van der Waals surface area contributed by atoms with Crippen molar-refractivity contribution in [2.75, 3.05) is 19.6 Å². The monoisotopic (exact) mass is 344 g/mol. The number of aliphatic hydroxyl groups excluding tert-OH is 1. The van der Waals surface area contributed by atoms with Crippen LogP contribution >= 0.6 is 11.3 Å². The number of aliphatic hydroxyl groups is 1. The molecule has 2 N–H and O–H groups in total. The number of benzene rings is 1. The quantitative estimate of drug-likeness (QED) is 0.877. The Kier molecular flexibility index (Phi) is 5.66. The summed E-state index contributed by atoms with van der Waals surface area (Å²) in [6, 6.07) is 12.3. The van der Waals surface area contributed by atoms with Gasteiger partial charge in [-0.1, -0.05) is 35.9 Å². The molecule has 1 saturated heterocycles. The van der Waals surface area contributed by atoms with Crippen LogP contribution in [0.1, 0.15) is 34.9 Å². The lowest BCUT2D eigenvalue weighted by Crippen LogP contribution is -2.43. The SMILES string of the molecule is Cc1ccc(C(NC(=O)CN2CCC(O)CC2)c2cccs2)cc1. The van der Waals surface area contributed by atoms with E-state index in [1.54, 1.807) is 11.3 Å². The number of piperidine rings is 1. The van der Waals surface area contributed by atoms with Crippen molar-refractivity contribution >= 4 is 17.2 Å². The Labute approximate surface area is 147 Å². The average molecular weight is 344 g/mol. The summed E-state index contributed by atoms with van der Waals surface area (Å²) in [5.74, 6) is 0.0327. The molecule has 1 amide bonds. The van der Waals surface area contributed by atoms with Crippen LogP contribution in [0.25, 0.3) is 0 Å². The molecule has 2 aromatic rings. The van der Waals surface area contributed by atoms with Crippen molar-refractivity contribution in [3.8, 4) is 0 Å². The first-order chi connectivity index (χ1) is 11.6. The summed E-state index contributed by atoms with van der Waals surface area (Å²) < 4.78 is 0. The number of likely N-dealkylation sites (tertiary alicyclic amines) is 1. The van der Waals surface area contributed by atoms with Gasteiger partial charge < -0.3 is 10.4 Å². The van der Waals surface area contributed by atoms with Crippen LogP contribution in [0.2, 0.25) is 0 Å². The number of carbonyl (C=O) groups is 1. The van der Waals surface area contributed by atoms with E-state index in [4.69, 9.17) is 0 Å². The molecule has 1 unspecified atom stereocenters. The van der Waals surface area contributed by atoms with Crippen molar-refractivity contribution in [1.82, 2.24) is 10.2 Å². The Hall–Kier alpha value is -1.69. The number of rotatable bonds is 5. The van der Waals surface area contributed by atoms with Gasteiger partial charge in [-0.05, 0) is 36.8 Å². The van der Waals surface area contributed by atoms with Crippen molar-refractivity contribution < 1.29 is 9.90 Å². The summed E-state index contributed by atoms with van der Waals surface area (Å²) in [4.78, 5) is 15.8. The highest BCUT2D eigenvalue weighted by molar-refractivity contribution is 7.10. The van der Waals surface area contributed by atoms with E-state index in [0.29, 0.717) is 6.54 Å². The van der Waals surface area contributed by atoms with Gasteiger partial charge in [-0.25, -0.2) is 0 Å². The minimum absolute atomic E-state index is 0.0327. The van der Waals surface area contributed by atoms with Crippen LogP contribution in [0.15, 0.2) is 41.8 Å². The Bertz CT molecular complexity index is 647. The smallest absolute Gasteiger partial charge is 0.234 e. The van der Waals surface area contributed by atoms with Crippen molar-refractivity contribution in [3.05, 3.63) is 57.8 Å². The molecule has 1 aliphatic heterocycles. The number of hydrogen-bond donors (Lipinski definition) is 2. The van der Waals surface area contributed by atoms with Gasteiger partial charge in [0.2, 0.25) is 5.91 Å². The predicted octanol–water partition coefficient (Wildman–Crippen LogP) is 2.72. The van der Waals surface area contributed by atoms with Gasteiger partial charge in [-0.3, -0.25) is 9.69 Å². The largest absolute Gasteiger partial charge is 0.393 e. The summed E-state index contributed by atoms with van der Waals surface area (Å²) in [6.07, 6.45) is 1.29. The van der Waals surface area contributed by atoms with Gasteiger partial charge >= 0.3 is 0 Å². The first-order valence-corrected chi connectivity index (χ1v) is 9.29. The zero-order chi connectivity index (χ0) is 16.9. The van der Waals surface area contributed by atoms with E-state index >= 15 is 0 Å². The maximum absolute atomic E-state index is 12.5. The van der Waals surface area contributed by atoms with Gasteiger partial charge in [0.15, 0.2) is 0 Å². The lowest BCUT2D eigenvalue weighted by atomic mass is 10.0. The molecule has 0 spiro atoms. The molecule has 4 nitrogen and oxygen atoms in total. The highest BCUT2D eigenvalue weighted by atomic mass is 32.1. The highest BCUT2D eigenvalue weighted by Gasteiger charge is 2.22. The van der Waals surface area contributed by atoms with E-state index in [9.17, 15) is 9.90 Å². The summed E-state index contributed by atoms with van der Waals surface area (Å²) in [6.45, 7) is 4.01. The third kappa shape index (κ3) is 4.44. The first kappa shape index (κ1) is 17.1. The molecule has 1 aromatic carbocycles. The number of carbonyl (C=O) groups excluding carboxylic acids is 1. The van der Waals surface area contributed by atoms with E-state index in [1.165, 1.54) is 5.56 Å². The second-order valence-electron chi connectivity index (χ2n) is 6.43. The molecule has 0 radical (unpaired) electrons. The van der Waals surface area contributed by atoms with Crippen LogP contribution in [0, 0.1) is 6.92 Å². The van der Waals surface area contributed by atoms with Gasteiger partial charge in [0.05, 0.1) is 18.7 Å². The molecule has 1 fully saturated rings. The van der Waals surface area contributed by atoms with Crippen LogP contribution in [0.3, 0.4) is 0 Å². The zero-order valence-electron chi connectivity index (χ0n) is 13.9. The van der Waals surface area contributed by atoms with Gasteiger partial charge in [0, 0.05) is 18.0 Å². The lowest BCUT2D eigenvalue weighted by Gasteiger charge is -2.29. The Morgan fingerprint density at radius 1 is 1.29 bits per heavy atom. The Balaban J connectivity index is 1.68. The Morgan fingerprint density at radius 3 is 2.62 bits per heavy atom. The number of hydrogen-bond acceptors (Lipinski definition) is 4. The number of amides is 1. The molecule has 3 rings (SSSR count). The van der Waals surface area contributed by atoms with Crippen molar-refractivity contribution in [1.29, 1.82) is 0 Å². The van der Waals surface area contributed by atoms with E-state index < -0.39 is 0 Å². The molecule has 0 saturated carbocycles. The predicted molar refractivity (Wildman–Crippen MR) is 97.2 cm³/mol. The first-order valence-electron chi connectivity index (χ1n) is 8.41. The lowest BCUT2D eigenvalue weighted by molar-refractivity contribution is -0.123. The number of nitrogens with zero attached hydrogens (tertiary/aromatic N) is 1. The van der Waals surface area contributed by atoms with Gasteiger partial charge in [0.25, 0.3) is 0 Å². The molecule has 1 aliphatic rings. The van der Waals surface area contributed by atoms with Gasteiger partial charge in [0.1, 0.15) is 0 Å². The molecule has 128 valence electrons. The molecule has 24 heavy (non-hydrogen) atoms. The fraction of sp³-hybridized carbons (Fsp3) is 0.421. The zero-order valence-corrected chi connectivity index (χ0v) is 14.8. The summed E-state index contributed by atoms with van der Waals surface area (Å²) >= 11 is 1.66. The molecular weight excluding hydrogens is 320 g/mol. The third-order valence-corrected chi connectivity index (χ3v) is 5.41. The van der Waals surface area contributed by atoms with Crippen LogP contribution < -0.4 is 5.32 Å². The van der Waals surface area contributed by atoms with Gasteiger partial charge in [-0.15, -0.1) is 11.3 Å². The number of aryl methyl sites for hydroxylation is 1. The standard InChI is InChI=1S/C19H24N2O2S/c1-14-4-6-15(7-5-14)19(17-3-2-12-24-17)20-18(23)13-21-10-8-16(22)9-11-21/h2-7,12,16,19,22H,8-11,13H2,1H3,(H,20,23). The molecular formula is C19H24N2O2S.